The fourth-order valence-corrected chi connectivity index (χ4v) is 5.11. The van der Waals surface area contributed by atoms with E-state index in [9.17, 15) is 9.18 Å². The number of ether oxygens (including phenoxy) is 2. The van der Waals surface area contributed by atoms with Gasteiger partial charge in [0.15, 0.2) is 0 Å². The van der Waals surface area contributed by atoms with E-state index in [0.717, 1.165) is 49.3 Å². The second-order valence-corrected chi connectivity index (χ2v) is 10.1. The number of amides is 1. The maximum absolute atomic E-state index is 14.5. The Labute approximate surface area is 202 Å². The Kier molecular flexibility index (Phi) is 7.77. The van der Waals surface area contributed by atoms with Crippen molar-refractivity contribution in [3.05, 3.63) is 58.9 Å². The molecule has 1 aliphatic heterocycles. The molecule has 2 aromatic carbocycles. The van der Waals surface area contributed by atoms with Crippen LogP contribution in [0.5, 0.6) is 11.5 Å². The molecule has 4 rings (SSSR count). The van der Waals surface area contributed by atoms with E-state index in [1.807, 2.05) is 49.3 Å². The first-order valence-electron chi connectivity index (χ1n) is 12.4. The number of hydrogen-bond acceptors (Lipinski definition) is 4. The predicted molar refractivity (Wildman–Crippen MR) is 132 cm³/mol. The van der Waals surface area contributed by atoms with Gasteiger partial charge in [-0.1, -0.05) is 18.2 Å². The van der Waals surface area contributed by atoms with Crippen LogP contribution in [-0.4, -0.2) is 55.6 Å². The van der Waals surface area contributed by atoms with Gasteiger partial charge in [0.25, 0.3) is 5.91 Å². The predicted octanol–water partition coefficient (Wildman–Crippen LogP) is 5.30. The number of hydrogen-bond donors (Lipinski definition) is 0. The number of nitrogens with zero attached hydrogens (tertiary/aromatic N) is 2. The van der Waals surface area contributed by atoms with Crippen LogP contribution in [0.4, 0.5) is 4.39 Å². The standard InChI is InChI=1S/C28H37FN2O3/c1-19-8-11-23-18-31(28(32)26(23)27(19)29)17-21-9-12-22(13-10-21)20(2)34-25-7-5-6-24(16-25)33-15-14-30(3)4/h5-8,11,16,20-22H,9-10,12-15,17-18H2,1-4H3. The van der Waals surface area contributed by atoms with Crippen LogP contribution in [0, 0.1) is 24.6 Å². The second kappa shape index (κ2) is 10.8. The minimum atomic E-state index is -0.355. The van der Waals surface area contributed by atoms with Crippen molar-refractivity contribution in [3.63, 3.8) is 0 Å². The van der Waals surface area contributed by atoms with Gasteiger partial charge in [0, 0.05) is 25.7 Å². The third kappa shape index (κ3) is 5.72. The van der Waals surface area contributed by atoms with E-state index in [-0.39, 0.29) is 23.4 Å². The van der Waals surface area contributed by atoms with Crippen molar-refractivity contribution in [2.45, 2.75) is 52.2 Å². The van der Waals surface area contributed by atoms with Crippen LogP contribution in [0.3, 0.4) is 0 Å². The molecule has 5 nitrogen and oxygen atoms in total. The first kappa shape index (κ1) is 24.5. The average Bonchev–Trinajstić information content (AvgIpc) is 3.12. The summed E-state index contributed by atoms with van der Waals surface area (Å²) in [6, 6.07) is 11.5. The molecule has 6 heteroatoms. The summed E-state index contributed by atoms with van der Waals surface area (Å²) < 4.78 is 26.6. The topological polar surface area (TPSA) is 42.0 Å². The molecule has 1 amide bonds. The molecular formula is C28H37FN2O3. The van der Waals surface area contributed by atoms with Gasteiger partial charge >= 0.3 is 0 Å². The van der Waals surface area contributed by atoms with Crippen molar-refractivity contribution in [1.82, 2.24) is 9.80 Å². The molecule has 34 heavy (non-hydrogen) atoms. The number of carbonyl (C=O) groups excluding carboxylic acids is 1. The van der Waals surface area contributed by atoms with Crippen molar-refractivity contribution in [2.24, 2.45) is 11.8 Å². The van der Waals surface area contributed by atoms with Gasteiger partial charge in [-0.3, -0.25) is 4.79 Å². The van der Waals surface area contributed by atoms with Gasteiger partial charge in [0.05, 0.1) is 11.7 Å². The fraction of sp³-hybridized carbons (Fsp3) is 0.536. The fourth-order valence-electron chi connectivity index (χ4n) is 5.11. The minimum Gasteiger partial charge on any atom is -0.492 e. The first-order valence-corrected chi connectivity index (χ1v) is 12.4. The molecule has 1 atom stereocenters. The number of halogens is 1. The van der Waals surface area contributed by atoms with Crippen molar-refractivity contribution in [1.29, 1.82) is 0 Å². The Hall–Kier alpha value is -2.60. The van der Waals surface area contributed by atoms with E-state index >= 15 is 0 Å². The SMILES string of the molecule is Cc1ccc2c(c1F)C(=O)N(CC1CCC(C(C)Oc3cccc(OCCN(C)C)c3)CC1)C2. The number of aryl methyl sites for hydroxylation is 1. The molecule has 0 N–H and O–H groups in total. The zero-order valence-electron chi connectivity index (χ0n) is 20.9. The number of likely N-dealkylation sites (N-methyl/N-ethyl adjacent to an activating group) is 1. The van der Waals surface area contributed by atoms with E-state index in [0.29, 0.717) is 37.1 Å². The lowest BCUT2D eigenvalue weighted by Gasteiger charge is -2.34. The minimum absolute atomic E-state index is 0.118. The highest BCUT2D eigenvalue weighted by Gasteiger charge is 2.34. The lowest BCUT2D eigenvalue weighted by molar-refractivity contribution is 0.0682. The van der Waals surface area contributed by atoms with E-state index < -0.39 is 0 Å². The Morgan fingerprint density at radius 2 is 1.85 bits per heavy atom. The number of rotatable bonds is 9. The molecule has 0 bridgehead atoms. The van der Waals surface area contributed by atoms with Gasteiger partial charge < -0.3 is 19.3 Å². The zero-order valence-corrected chi connectivity index (χ0v) is 20.9. The van der Waals surface area contributed by atoms with Crippen LogP contribution in [0.25, 0.3) is 0 Å². The summed E-state index contributed by atoms with van der Waals surface area (Å²) in [4.78, 5) is 16.7. The Bertz CT molecular complexity index is 1000. The van der Waals surface area contributed by atoms with Crippen molar-refractivity contribution >= 4 is 5.91 Å². The summed E-state index contributed by atoms with van der Waals surface area (Å²) in [5, 5.41) is 0. The third-order valence-electron chi connectivity index (χ3n) is 7.25. The van der Waals surface area contributed by atoms with Gasteiger partial charge in [0.2, 0.25) is 0 Å². The molecule has 1 fully saturated rings. The number of carbonyl (C=O) groups is 1. The summed E-state index contributed by atoms with van der Waals surface area (Å²) >= 11 is 0. The van der Waals surface area contributed by atoms with E-state index in [4.69, 9.17) is 9.47 Å². The molecule has 184 valence electrons. The van der Waals surface area contributed by atoms with Gasteiger partial charge in [-0.15, -0.1) is 0 Å². The van der Waals surface area contributed by atoms with Gasteiger partial charge in [-0.2, -0.15) is 0 Å². The quantitative estimate of drug-likeness (QED) is 0.501. The van der Waals surface area contributed by atoms with Crippen LogP contribution in [0.15, 0.2) is 36.4 Å². The Morgan fingerprint density at radius 1 is 1.12 bits per heavy atom. The maximum atomic E-state index is 14.5. The van der Waals surface area contributed by atoms with Gasteiger partial charge in [-0.25, -0.2) is 4.39 Å². The molecule has 0 spiro atoms. The smallest absolute Gasteiger partial charge is 0.257 e. The summed E-state index contributed by atoms with van der Waals surface area (Å²) in [5.74, 6) is 2.11. The average molecular weight is 469 g/mol. The maximum Gasteiger partial charge on any atom is 0.257 e. The van der Waals surface area contributed by atoms with E-state index in [1.54, 1.807) is 13.0 Å². The molecule has 2 aliphatic rings. The van der Waals surface area contributed by atoms with Crippen LogP contribution in [-0.2, 0) is 6.54 Å². The normalized spacial score (nSPS) is 21.0. The molecule has 1 saturated carbocycles. The molecule has 2 aromatic rings. The first-order chi connectivity index (χ1) is 16.3. The molecule has 1 aliphatic carbocycles. The Balaban J connectivity index is 1.25. The van der Waals surface area contributed by atoms with Crippen molar-refractivity contribution < 1.29 is 18.7 Å². The molecule has 0 radical (unpaired) electrons. The Morgan fingerprint density at radius 3 is 2.59 bits per heavy atom. The van der Waals surface area contributed by atoms with Crippen molar-refractivity contribution in [3.8, 4) is 11.5 Å². The largest absolute Gasteiger partial charge is 0.492 e. The molecule has 0 aromatic heterocycles. The highest BCUT2D eigenvalue weighted by molar-refractivity contribution is 5.98. The van der Waals surface area contributed by atoms with E-state index in [1.165, 1.54) is 0 Å². The lowest BCUT2D eigenvalue weighted by Crippen LogP contribution is -2.34. The highest BCUT2D eigenvalue weighted by Crippen LogP contribution is 2.35. The molecule has 1 unspecified atom stereocenters. The third-order valence-corrected chi connectivity index (χ3v) is 7.25. The highest BCUT2D eigenvalue weighted by atomic mass is 19.1. The summed E-state index contributed by atoms with van der Waals surface area (Å²) in [5.41, 5.74) is 1.63. The van der Waals surface area contributed by atoms with E-state index in [2.05, 4.69) is 11.8 Å². The molecule has 0 saturated heterocycles. The van der Waals surface area contributed by atoms with Crippen molar-refractivity contribution in [2.75, 3.05) is 33.8 Å². The monoisotopic (exact) mass is 468 g/mol. The van der Waals surface area contributed by atoms with Crippen LogP contribution in [0.1, 0.15) is 54.1 Å². The van der Waals surface area contributed by atoms with Crippen LogP contribution >= 0.6 is 0 Å². The van der Waals surface area contributed by atoms with Gasteiger partial charge in [-0.05, 0) is 88.7 Å². The second-order valence-electron chi connectivity index (χ2n) is 10.1. The summed E-state index contributed by atoms with van der Waals surface area (Å²) in [6.07, 6.45) is 4.40. The summed E-state index contributed by atoms with van der Waals surface area (Å²) in [6.45, 7) is 6.61. The molecule has 1 heterocycles. The van der Waals surface area contributed by atoms with Crippen LogP contribution < -0.4 is 9.47 Å². The van der Waals surface area contributed by atoms with Gasteiger partial charge in [0.1, 0.15) is 23.9 Å². The molecular weight excluding hydrogens is 431 g/mol. The zero-order chi connectivity index (χ0) is 24.2. The number of benzene rings is 2. The number of fused-ring (bicyclic) bond motifs is 1. The van der Waals surface area contributed by atoms with Crippen LogP contribution in [0.2, 0.25) is 0 Å². The summed E-state index contributed by atoms with van der Waals surface area (Å²) in [7, 11) is 4.06. The lowest BCUT2D eigenvalue weighted by atomic mass is 9.79.